The molecule has 0 aliphatic rings. The minimum atomic E-state index is -1.77. The molecule has 1 rings (SSSR count). The number of rotatable bonds is 6. The Bertz CT molecular complexity index is 533. The molecular weight excluding hydrogens is 282 g/mol. The molecule has 0 aliphatic carbocycles. The number of esters is 1. The number of carbonyl (C=O) groups is 1. The Labute approximate surface area is 110 Å². The van der Waals surface area contributed by atoms with E-state index in [0.717, 1.165) is 0 Å². The lowest BCUT2D eigenvalue weighted by atomic mass is 10.2. The highest BCUT2D eigenvalue weighted by Crippen LogP contribution is 2.26. The van der Waals surface area contributed by atoms with Gasteiger partial charge >= 0.3 is 5.97 Å². The van der Waals surface area contributed by atoms with Crippen molar-refractivity contribution in [2.24, 2.45) is 5.11 Å². The van der Waals surface area contributed by atoms with Crippen molar-refractivity contribution in [3.8, 4) is 5.75 Å². The summed E-state index contributed by atoms with van der Waals surface area (Å²) < 4.78 is 56.3. The number of carbonyl (C=O) groups excluding carboxylic acids is 1. The number of azide groups is 1. The lowest BCUT2D eigenvalue weighted by molar-refractivity contribution is -0.134. The molecule has 5 nitrogen and oxygen atoms in total. The summed E-state index contributed by atoms with van der Waals surface area (Å²) in [6.07, 6.45) is 0.360. The number of ether oxygens (including phenoxy) is 1. The summed E-state index contributed by atoms with van der Waals surface area (Å²) in [5.74, 6) is -9.31. The molecule has 20 heavy (non-hydrogen) atoms. The summed E-state index contributed by atoms with van der Waals surface area (Å²) in [6.45, 7) is 0.154. The van der Waals surface area contributed by atoms with Crippen molar-refractivity contribution < 1.29 is 27.1 Å². The van der Waals surface area contributed by atoms with E-state index in [1.807, 2.05) is 0 Å². The summed E-state index contributed by atoms with van der Waals surface area (Å²) in [5, 5.41) is 3.21. The number of nitrogens with zero attached hydrogens (tertiary/aromatic N) is 3. The smallest absolute Gasteiger partial charge is 0.311 e. The highest BCUT2D eigenvalue weighted by molar-refractivity contribution is 5.72. The van der Waals surface area contributed by atoms with Crippen LogP contribution in [-0.2, 0) is 4.79 Å². The van der Waals surface area contributed by atoms with Crippen LogP contribution < -0.4 is 4.74 Å². The van der Waals surface area contributed by atoms with E-state index in [9.17, 15) is 22.4 Å². The molecule has 108 valence electrons. The zero-order chi connectivity index (χ0) is 15.1. The topological polar surface area (TPSA) is 75.1 Å². The third-order valence-corrected chi connectivity index (χ3v) is 2.24. The molecule has 0 saturated carbocycles. The quantitative estimate of drug-likeness (QED) is 0.117. The molecule has 0 saturated heterocycles. The molecule has 0 N–H and O–H groups in total. The fourth-order valence-corrected chi connectivity index (χ4v) is 1.30. The third kappa shape index (κ3) is 4.13. The second-order valence-corrected chi connectivity index (χ2v) is 3.68. The highest BCUT2D eigenvalue weighted by atomic mass is 19.2. The van der Waals surface area contributed by atoms with Crippen LogP contribution in [-0.4, -0.2) is 12.5 Å². The molecule has 0 atom stereocenters. The average Bonchev–Trinajstić information content (AvgIpc) is 2.41. The largest absolute Gasteiger partial charge is 0.420 e. The van der Waals surface area contributed by atoms with Crippen LogP contribution in [0, 0.1) is 23.3 Å². The zero-order valence-corrected chi connectivity index (χ0v) is 10.1. The first kappa shape index (κ1) is 15.8. The zero-order valence-electron chi connectivity index (χ0n) is 10.1. The van der Waals surface area contributed by atoms with E-state index in [2.05, 4.69) is 14.8 Å². The van der Waals surface area contributed by atoms with Gasteiger partial charge in [0.05, 0.1) is 0 Å². The van der Waals surface area contributed by atoms with Crippen LogP contribution in [0.5, 0.6) is 5.75 Å². The van der Waals surface area contributed by atoms with Crippen LogP contribution in [0.25, 0.3) is 10.4 Å². The number of unbranched alkanes of at least 4 members (excludes halogenated alkanes) is 1. The monoisotopic (exact) mass is 291 g/mol. The highest BCUT2D eigenvalue weighted by Gasteiger charge is 2.22. The third-order valence-electron chi connectivity index (χ3n) is 2.24. The molecule has 0 aliphatic heterocycles. The van der Waals surface area contributed by atoms with Gasteiger partial charge in [-0.05, 0) is 18.4 Å². The summed E-state index contributed by atoms with van der Waals surface area (Å²) in [6, 6.07) is 0.0158. The normalized spacial score (nSPS) is 10.0. The first-order valence-corrected chi connectivity index (χ1v) is 5.52. The first-order valence-electron chi connectivity index (χ1n) is 5.52. The van der Waals surface area contributed by atoms with Gasteiger partial charge in [-0.25, -0.2) is 8.78 Å². The van der Waals surface area contributed by atoms with Crippen molar-refractivity contribution >= 4 is 5.97 Å². The predicted octanol–water partition coefficient (Wildman–Crippen LogP) is 3.63. The van der Waals surface area contributed by atoms with Crippen molar-refractivity contribution in [2.45, 2.75) is 19.3 Å². The van der Waals surface area contributed by atoms with Crippen molar-refractivity contribution in [2.75, 3.05) is 6.54 Å². The fraction of sp³-hybridized carbons (Fsp3) is 0.364. The summed E-state index contributed by atoms with van der Waals surface area (Å²) in [4.78, 5) is 13.8. The summed E-state index contributed by atoms with van der Waals surface area (Å²) in [5.41, 5.74) is 8.00. The lowest BCUT2D eigenvalue weighted by Gasteiger charge is -2.07. The van der Waals surface area contributed by atoms with E-state index >= 15 is 0 Å². The number of halogens is 4. The Kier molecular flexibility index (Phi) is 5.79. The van der Waals surface area contributed by atoms with E-state index < -0.39 is 35.0 Å². The number of benzene rings is 1. The molecule has 1 aromatic rings. The number of hydrogen-bond donors (Lipinski definition) is 0. The molecule has 0 bridgehead atoms. The summed E-state index contributed by atoms with van der Waals surface area (Å²) in [7, 11) is 0. The molecule has 0 aromatic heterocycles. The lowest BCUT2D eigenvalue weighted by Crippen LogP contribution is -2.12. The molecular formula is C11H9F4N3O2. The van der Waals surface area contributed by atoms with Gasteiger partial charge in [0.15, 0.2) is 11.6 Å². The van der Waals surface area contributed by atoms with Crippen molar-refractivity contribution in [3.05, 3.63) is 39.8 Å². The Hall–Kier alpha value is -2.28. The maximum Gasteiger partial charge on any atom is 0.311 e. The van der Waals surface area contributed by atoms with Gasteiger partial charge < -0.3 is 4.74 Å². The van der Waals surface area contributed by atoms with E-state index in [-0.39, 0.29) is 25.5 Å². The van der Waals surface area contributed by atoms with Crippen LogP contribution in [0.3, 0.4) is 0 Å². The maximum atomic E-state index is 13.2. The van der Waals surface area contributed by atoms with Gasteiger partial charge in [-0.3, -0.25) is 4.79 Å². The van der Waals surface area contributed by atoms with Gasteiger partial charge in [-0.2, -0.15) is 8.78 Å². The van der Waals surface area contributed by atoms with Gasteiger partial charge in [-0.1, -0.05) is 5.11 Å². The summed E-state index contributed by atoms with van der Waals surface area (Å²) >= 11 is 0. The maximum absolute atomic E-state index is 13.2. The van der Waals surface area contributed by atoms with Crippen molar-refractivity contribution in [1.29, 1.82) is 0 Å². The Morgan fingerprint density at radius 1 is 1.20 bits per heavy atom. The van der Waals surface area contributed by atoms with E-state index in [1.54, 1.807) is 0 Å². The van der Waals surface area contributed by atoms with E-state index in [0.29, 0.717) is 6.42 Å². The minimum Gasteiger partial charge on any atom is -0.420 e. The Morgan fingerprint density at radius 3 is 2.35 bits per heavy atom. The molecule has 0 unspecified atom stereocenters. The van der Waals surface area contributed by atoms with E-state index in [1.165, 1.54) is 0 Å². The van der Waals surface area contributed by atoms with Crippen LogP contribution in [0.2, 0.25) is 0 Å². The second kappa shape index (κ2) is 7.34. The predicted molar refractivity (Wildman–Crippen MR) is 59.8 cm³/mol. The standard InChI is InChI=1S/C11H9F4N3O2/c12-6-5-7(13)10(15)11(9(6)14)20-8(19)3-1-2-4-17-18-16/h5H,1-4H2. The van der Waals surface area contributed by atoms with Crippen LogP contribution >= 0.6 is 0 Å². The average molecular weight is 291 g/mol. The number of hydrogen-bond acceptors (Lipinski definition) is 3. The van der Waals surface area contributed by atoms with Crippen LogP contribution in [0.1, 0.15) is 19.3 Å². The van der Waals surface area contributed by atoms with Crippen LogP contribution in [0.4, 0.5) is 17.6 Å². The van der Waals surface area contributed by atoms with Gasteiger partial charge in [0.2, 0.25) is 17.4 Å². The van der Waals surface area contributed by atoms with Gasteiger partial charge in [0.1, 0.15) is 0 Å². The van der Waals surface area contributed by atoms with E-state index in [4.69, 9.17) is 5.53 Å². The molecule has 0 amide bonds. The SMILES string of the molecule is [N-]=[N+]=NCCCCC(=O)Oc1c(F)c(F)cc(F)c1F. The van der Waals surface area contributed by atoms with Crippen molar-refractivity contribution in [1.82, 2.24) is 0 Å². The minimum absolute atomic E-state index is 0.0158. The molecule has 0 heterocycles. The van der Waals surface area contributed by atoms with Gasteiger partial charge in [0, 0.05) is 23.9 Å². The Morgan fingerprint density at radius 2 is 1.80 bits per heavy atom. The molecule has 1 aromatic carbocycles. The molecule has 0 fully saturated rings. The van der Waals surface area contributed by atoms with Crippen molar-refractivity contribution in [3.63, 3.8) is 0 Å². The molecule has 0 radical (unpaired) electrons. The fourth-order valence-electron chi connectivity index (χ4n) is 1.30. The molecule has 0 spiro atoms. The van der Waals surface area contributed by atoms with Gasteiger partial charge in [0.25, 0.3) is 0 Å². The second-order valence-electron chi connectivity index (χ2n) is 3.68. The van der Waals surface area contributed by atoms with Crippen LogP contribution in [0.15, 0.2) is 11.2 Å². The Balaban J connectivity index is 2.64. The first-order chi connectivity index (χ1) is 9.47. The van der Waals surface area contributed by atoms with Gasteiger partial charge in [-0.15, -0.1) is 0 Å². The molecule has 9 heteroatoms.